The summed E-state index contributed by atoms with van der Waals surface area (Å²) in [5, 5.41) is 17.7. The quantitative estimate of drug-likeness (QED) is 0.397. The lowest BCUT2D eigenvalue weighted by Crippen LogP contribution is -2.25. The Labute approximate surface area is 200 Å². The number of hydrogen-bond donors (Lipinski definition) is 2. The number of carbonyl (C=O) groups is 2. The fourth-order valence-electron chi connectivity index (χ4n) is 2.79. The molecule has 0 fully saturated rings. The monoisotopic (exact) mass is 488 g/mol. The first-order valence-electron chi connectivity index (χ1n) is 9.91. The number of anilines is 2. The molecule has 0 saturated heterocycles. The number of halogens is 2. The van der Waals surface area contributed by atoms with Crippen LogP contribution in [0.25, 0.3) is 0 Å². The second kappa shape index (κ2) is 12.1. The molecule has 3 aromatic rings. The zero-order chi connectivity index (χ0) is 23.6. The number of amides is 1. The smallest absolute Gasteiger partial charge is 0.257 e. The molecule has 0 aliphatic heterocycles. The minimum absolute atomic E-state index is 0.0511. The highest BCUT2D eigenvalue weighted by Crippen LogP contribution is 2.25. The van der Waals surface area contributed by atoms with E-state index in [0.717, 1.165) is 5.82 Å². The van der Waals surface area contributed by atoms with Gasteiger partial charge in [-0.1, -0.05) is 29.3 Å². The Morgan fingerprint density at radius 3 is 2.55 bits per heavy atom. The summed E-state index contributed by atoms with van der Waals surface area (Å²) in [7, 11) is 0. The van der Waals surface area contributed by atoms with Crippen molar-refractivity contribution in [3.63, 3.8) is 0 Å². The van der Waals surface area contributed by atoms with Gasteiger partial charge in [-0.05, 0) is 48.5 Å². The number of carboxylic acid groups (broad SMARTS) is 1. The summed E-state index contributed by atoms with van der Waals surface area (Å²) >= 11 is 11.9. The van der Waals surface area contributed by atoms with E-state index < -0.39 is 11.9 Å². The lowest BCUT2D eigenvalue weighted by molar-refractivity contribution is -0.254. The highest BCUT2D eigenvalue weighted by molar-refractivity contribution is 6.37. The van der Waals surface area contributed by atoms with Gasteiger partial charge >= 0.3 is 0 Å². The van der Waals surface area contributed by atoms with Crippen LogP contribution in [0, 0.1) is 0 Å². The third kappa shape index (κ3) is 7.35. The molecule has 0 spiro atoms. The Kier molecular flexibility index (Phi) is 8.88. The van der Waals surface area contributed by atoms with Crippen LogP contribution in [-0.2, 0) is 4.74 Å². The first-order chi connectivity index (χ1) is 15.9. The van der Waals surface area contributed by atoms with Crippen molar-refractivity contribution in [2.75, 3.05) is 37.0 Å². The maximum absolute atomic E-state index is 12.5. The van der Waals surface area contributed by atoms with E-state index in [2.05, 4.69) is 15.6 Å². The summed E-state index contributed by atoms with van der Waals surface area (Å²) in [5.41, 5.74) is -0.0259. The molecule has 3 rings (SSSR count). The molecule has 172 valence electrons. The van der Waals surface area contributed by atoms with E-state index in [-0.39, 0.29) is 28.4 Å². The summed E-state index contributed by atoms with van der Waals surface area (Å²) in [6, 6.07) is 14.2. The molecule has 0 radical (unpaired) electrons. The lowest BCUT2D eigenvalue weighted by atomic mass is 10.1. The Hall–Kier alpha value is -3.33. The van der Waals surface area contributed by atoms with Gasteiger partial charge in [0.25, 0.3) is 5.91 Å². The fourth-order valence-corrected chi connectivity index (χ4v) is 3.29. The number of nitrogens with one attached hydrogen (secondary N) is 2. The van der Waals surface area contributed by atoms with Crippen molar-refractivity contribution in [1.29, 1.82) is 0 Å². The van der Waals surface area contributed by atoms with Gasteiger partial charge in [0, 0.05) is 23.3 Å². The number of pyridine rings is 1. The van der Waals surface area contributed by atoms with Gasteiger partial charge < -0.3 is 30.0 Å². The number of carboxylic acids is 1. The second-order valence-electron chi connectivity index (χ2n) is 6.68. The summed E-state index contributed by atoms with van der Waals surface area (Å²) < 4.78 is 11.0. The van der Waals surface area contributed by atoms with Crippen molar-refractivity contribution in [3.8, 4) is 5.75 Å². The number of hydrogen-bond acceptors (Lipinski definition) is 7. The van der Waals surface area contributed by atoms with Crippen molar-refractivity contribution in [1.82, 2.24) is 4.98 Å². The molecule has 0 unspecified atom stereocenters. The van der Waals surface area contributed by atoms with Gasteiger partial charge in [-0.25, -0.2) is 4.98 Å². The Morgan fingerprint density at radius 2 is 1.82 bits per heavy atom. The van der Waals surface area contributed by atoms with Gasteiger partial charge in [0.15, 0.2) is 0 Å². The topological polar surface area (TPSA) is 113 Å². The molecule has 0 aliphatic carbocycles. The summed E-state index contributed by atoms with van der Waals surface area (Å²) in [4.78, 5) is 28.2. The van der Waals surface area contributed by atoms with Crippen molar-refractivity contribution in [3.05, 3.63) is 82.0 Å². The summed E-state index contributed by atoms with van der Waals surface area (Å²) in [6.45, 7) is 1.54. The van der Waals surface area contributed by atoms with Crippen LogP contribution in [0.4, 0.5) is 11.5 Å². The van der Waals surface area contributed by atoms with Gasteiger partial charge in [0.1, 0.15) is 18.2 Å². The lowest BCUT2D eigenvalue weighted by Gasteiger charge is -2.15. The van der Waals surface area contributed by atoms with Gasteiger partial charge in [0.05, 0.1) is 35.5 Å². The number of ether oxygens (including phenoxy) is 2. The number of rotatable bonds is 11. The molecule has 2 N–H and O–H groups in total. The molecule has 33 heavy (non-hydrogen) atoms. The van der Waals surface area contributed by atoms with Crippen LogP contribution >= 0.6 is 23.2 Å². The number of aromatic carboxylic acids is 1. The van der Waals surface area contributed by atoms with Gasteiger partial charge in [-0.3, -0.25) is 4.79 Å². The second-order valence-corrected chi connectivity index (χ2v) is 7.52. The van der Waals surface area contributed by atoms with E-state index in [4.69, 9.17) is 32.7 Å². The van der Waals surface area contributed by atoms with Gasteiger partial charge in [0.2, 0.25) is 0 Å². The summed E-state index contributed by atoms with van der Waals surface area (Å²) in [5.74, 6) is -0.986. The predicted octanol–water partition coefficient (Wildman–Crippen LogP) is 3.51. The Balaban J connectivity index is 1.49. The van der Waals surface area contributed by atoms with E-state index in [0.29, 0.717) is 30.5 Å². The standard InChI is InChI=1S/C23H21Cl2N3O5/c24-15-4-6-17(19(25)13-15)22(29)28-20-7-5-16(14-18(20)23(30)31)33-12-11-32-10-9-27-21-3-1-2-8-26-21/h1-8,13-14H,9-12H2,(H,26,27)(H,28,29)(H,30,31)/p-1. The molecule has 2 aromatic carbocycles. The van der Waals surface area contributed by atoms with E-state index in [1.807, 2.05) is 18.2 Å². The van der Waals surface area contributed by atoms with Crippen molar-refractivity contribution >= 4 is 46.6 Å². The Bertz CT molecular complexity index is 1110. The van der Waals surface area contributed by atoms with E-state index >= 15 is 0 Å². The largest absolute Gasteiger partial charge is 0.545 e. The van der Waals surface area contributed by atoms with Crippen molar-refractivity contribution in [2.24, 2.45) is 0 Å². The molecule has 0 bridgehead atoms. The number of nitrogens with zero attached hydrogens (tertiary/aromatic N) is 1. The molecule has 1 amide bonds. The number of aromatic nitrogens is 1. The van der Waals surface area contributed by atoms with Crippen molar-refractivity contribution < 1.29 is 24.2 Å². The highest BCUT2D eigenvalue weighted by Gasteiger charge is 2.14. The van der Waals surface area contributed by atoms with Crippen LogP contribution in [0.1, 0.15) is 20.7 Å². The molecular weight excluding hydrogens is 469 g/mol. The van der Waals surface area contributed by atoms with E-state index in [1.165, 1.54) is 36.4 Å². The minimum Gasteiger partial charge on any atom is -0.545 e. The van der Waals surface area contributed by atoms with Gasteiger partial charge in [-0.2, -0.15) is 0 Å². The number of benzene rings is 2. The van der Waals surface area contributed by atoms with Crippen LogP contribution in [-0.4, -0.2) is 43.2 Å². The average Bonchev–Trinajstić information content (AvgIpc) is 2.79. The van der Waals surface area contributed by atoms with E-state index in [1.54, 1.807) is 6.20 Å². The van der Waals surface area contributed by atoms with Crippen LogP contribution in [0.3, 0.4) is 0 Å². The fraction of sp³-hybridized carbons (Fsp3) is 0.174. The predicted molar refractivity (Wildman–Crippen MR) is 124 cm³/mol. The number of carbonyl (C=O) groups excluding carboxylic acids is 2. The molecule has 0 aliphatic rings. The average molecular weight is 489 g/mol. The molecular formula is C23H20Cl2N3O5-. The minimum atomic E-state index is -1.46. The third-order valence-electron chi connectivity index (χ3n) is 4.35. The van der Waals surface area contributed by atoms with Crippen LogP contribution in [0.2, 0.25) is 10.0 Å². The first kappa shape index (κ1) is 24.3. The van der Waals surface area contributed by atoms with Crippen molar-refractivity contribution in [2.45, 2.75) is 0 Å². The molecule has 0 atom stereocenters. The highest BCUT2D eigenvalue weighted by atomic mass is 35.5. The molecule has 1 aromatic heterocycles. The zero-order valence-electron chi connectivity index (χ0n) is 17.3. The zero-order valence-corrected chi connectivity index (χ0v) is 18.9. The molecule has 10 heteroatoms. The molecule has 1 heterocycles. The maximum Gasteiger partial charge on any atom is 0.257 e. The van der Waals surface area contributed by atoms with Crippen LogP contribution < -0.4 is 20.5 Å². The summed E-state index contributed by atoms with van der Waals surface area (Å²) in [6.07, 6.45) is 1.70. The molecule has 0 saturated carbocycles. The SMILES string of the molecule is O=C(Nc1ccc(OCCOCCNc2ccccn2)cc1C(=O)[O-])c1ccc(Cl)cc1Cl. The third-order valence-corrected chi connectivity index (χ3v) is 4.90. The maximum atomic E-state index is 12.5. The Morgan fingerprint density at radius 1 is 0.970 bits per heavy atom. The normalized spacial score (nSPS) is 10.5. The van der Waals surface area contributed by atoms with E-state index in [9.17, 15) is 14.7 Å². The first-order valence-corrected chi connectivity index (χ1v) is 10.7. The van der Waals surface area contributed by atoms with Crippen LogP contribution in [0.5, 0.6) is 5.75 Å². The molecule has 8 nitrogen and oxygen atoms in total. The van der Waals surface area contributed by atoms with Crippen LogP contribution in [0.15, 0.2) is 60.8 Å². The van der Waals surface area contributed by atoms with Gasteiger partial charge in [-0.15, -0.1) is 0 Å².